The highest BCUT2D eigenvalue weighted by Gasteiger charge is 2.11. The van der Waals surface area contributed by atoms with E-state index in [0.29, 0.717) is 11.4 Å². The zero-order chi connectivity index (χ0) is 14.1. The van der Waals surface area contributed by atoms with Crippen LogP contribution < -0.4 is 4.87 Å². The standard InChI is InChI=1S/C15H9ClN2OS/c16-11-3-1-2-9(6-7-17)14(11)10-4-5-12-13(8-10)20-15(19)18-12/h1-5,8H,6H2,(H,18,19). The Labute approximate surface area is 124 Å². The summed E-state index contributed by atoms with van der Waals surface area (Å²) >= 11 is 7.45. The number of thiazole rings is 1. The van der Waals surface area contributed by atoms with E-state index in [4.69, 9.17) is 16.9 Å². The molecule has 0 aliphatic rings. The van der Waals surface area contributed by atoms with Crippen molar-refractivity contribution in [3.05, 3.63) is 56.7 Å². The van der Waals surface area contributed by atoms with Crippen LogP contribution >= 0.6 is 22.9 Å². The fraction of sp³-hybridized carbons (Fsp3) is 0.0667. The lowest BCUT2D eigenvalue weighted by molar-refractivity contribution is 1.26. The Morgan fingerprint density at radius 1 is 1.30 bits per heavy atom. The van der Waals surface area contributed by atoms with Crippen molar-refractivity contribution in [1.82, 2.24) is 4.98 Å². The van der Waals surface area contributed by atoms with Gasteiger partial charge in [0, 0.05) is 10.6 Å². The van der Waals surface area contributed by atoms with Crippen molar-refractivity contribution in [3.63, 3.8) is 0 Å². The molecule has 3 nitrogen and oxygen atoms in total. The van der Waals surface area contributed by atoms with Crippen molar-refractivity contribution < 1.29 is 0 Å². The van der Waals surface area contributed by atoms with Crippen LogP contribution in [0.15, 0.2) is 41.2 Å². The van der Waals surface area contributed by atoms with Crippen molar-refractivity contribution in [2.24, 2.45) is 0 Å². The van der Waals surface area contributed by atoms with Crippen molar-refractivity contribution in [2.75, 3.05) is 0 Å². The van der Waals surface area contributed by atoms with Crippen LogP contribution in [0.1, 0.15) is 5.56 Å². The van der Waals surface area contributed by atoms with Gasteiger partial charge in [0.1, 0.15) is 0 Å². The molecular weight excluding hydrogens is 292 g/mol. The Balaban J connectivity index is 2.24. The normalized spacial score (nSPS) is 10.6. The molecule has 2 aromatic carbocycles. The van der Waals surface area contributed by atoms with Crippen LogP contribution in [-0.2, 0) is 6.42 Å². The van der Waals surface area contributed by atoms with Crippen molar-refractivity contribution >= 4 is 33.2 Å². The van der Waals surface area contributed by atoms with Crippen LogP contribution in [-0.4, -0.2) is 4.98 Å². The maximum Gasteiger partial charge on any atom is 0.305 e. The van der Waals surface area contributed by atoms with Crippen molar-refractivity contribution in [1.29, 1.82) is 5.26 Å². The molecule has 3 aromatic rings. The number of rotatable bonds is 2. The van der Waals surface area contributed by atoms with E-state index in [-0.39, 0.29) is 4.87 Å². The second-order valence-electron chi connectivity index (χ2n) is 4.33. The van der Waals surface area contributed by atoms with Gasteiger partial charge < -0.3 is 4.98 Å². The SMILES string of the molecule is N#CCc1cccc(Cl)c1-c1ccc2[nH]c(=O)sc2c1. The third-order valence-electron chi connectivity index (χ3n) is 3.08. The Morgan fingerprint density at radius 3 is 2.95 bits per heavy atom. The van der Waals surface area contributed by atoms with Gasteiger partial charge in [0.2, 0.25) is 0 Å². The number of fused-ring (bicyclic) bond motifs is 1. The molecular formula is C15H9ClN2OS. The predicted octanol–water partition coefficient (Wildman–Crippen LogP) is 3.98. The molecule has 1 N–H and O–H groups in total. The summed E-state index contributed by atoms with van der Waals surface area (Å²) in [6, 6.07) is 13.4. The largest absolute Gasteiger partial charge is 0.312 e. The van der Waals surface area contributed by atoms with Gasteiger partial charge in [0.05, 0.1) is 22.7 Å². The summed E-state index contributed by atoms with van der Waals surface area (Å²) in [5.41, 5.74) is 3.49. The van der Waals surface area contributed by atoms with Gasteiger partial charge in [-0.2, -0.15) is 5.26 Å². The fourth-order valence-corrected chi connectivity index (χ4v) is 3.30. The van der Waals surface area contributed by atoms with E-state index in [9.17, 15) is 4.79 Å². The minimum Gasteiger partial charge on any atom is -0.312 e. The quantitative estimate of drug-likeness (QED) is 0.778. The highest BCUT2D eigenvalue weighted by Crippen LogP contribution is 2.33. The summed E-state index contributed by atoms with van der Waals surface area (Å²) in [4.78, 5) is 14.1. The Hall–Kier alpha value is -2.09. The first-order chi connectivity index (χ1) is 9.69. The summed E-state index contributed by atoms with van der Waals surface area (Å²) in [5, 5.41) is 9.53. The monoisotopic (exact) mass is 300 g/mol. The van der Waals surface area contributed by atoms with Crippen LogP contribution in [0.4, 0.5) is 0 Å². The molecule has 0 saturated heterocycles. The molecule has 0 bridgehead atoms. The molecule has 0 spiro atoms. The minimum absolute atomic E-state index is 0.0754. The van der Waals surface area contributed by atoms with E-state index in [0.717, 1.165) is 26.9 Å². The predicted molar refractivity (Wildman–Crippen MR) is 82.2 cm³/mol. The van der Waals surface area contributed by atoms with E-state index in [1.54, 1.807) is 0 Å². The minimum atomic E-state index is -0.0754. The van der Waals surface area contributed by atoms with Crippen molar-refractivity contribution in [3.8, 4) is 17.2 Å². The van der Waals surface area contributed by atoms with E-state index in [1.807, 2.05) is 36.4 Å². The van der Waals surface area contributed by atoms with Crippen molar-refractivity contribution in [2.45, 2.75) is 6.42 Å². The topological polar surface area (TPSA) is 56.6 Å². The third-order valence-corrected chi connectivity index (χ3v) is 4.24. The first-order valence-electron chi connectivity index (χ1n) is 5.96. The Bertz CT molecular complexity index is 889. The molecule has 20 heavy (non-hydrogen) atoms. The molecule has 0 saturated carbocycles. The molecule has 0 atom stereocenters. The number of nitrogens with one attached hydrogen (secondary N) is 1. The molecule has 0 fully saturated rings. The second kappa shape index (κ2) is 5.12. The molecule has 0 aliphatic heterocycles. The summed E-state index contributed by atoms with van der Waals surface area (Å²) in [5.74, 6) is 0. The molecule has 5 heteroatoms. The summed E-state index contributed by atoms with van der Waals surface area (Å²) < 4.78 is 0.885. The van der Waals surface area contributed by atoms with Gasteiger partial charge in [-0.05, 0) is 29.3 Å². The van der Waals surface area contributed by atoms with E-state index in [1.165, 1.54) is 11.3 Å². The lowest BCUT2D eigenvalue weighted by Gasteiger charge is -2.09. The number of aromatic amines is 1. The first-order valence-corrected chi connectivity index (χ1v) is 7.16. The molecule has 98 valence electrons. The van der Waals surface area contributed by atoms with E-state index >= 15 is 0 Å². The molecule has 0 amide bonds. The molecule has 1 aromatic heterocycles. The highest BCUT2D eigenvalue weighted by molar-refractivity contribution is 7.16. The van der Waals surface area contributed by atoms with Crippen LogP contribution in [0.3, 0.4) is 0 Å². The summed E-state index contributed by atoms with van der Waals surface area (Å²) in [7, 11) is 0. The number of hydrogen-bond acceptors (Lipinski definition) is 3. The Morgan fingerprint density at radius 2 is 2.15 bits per heavy atom. The Kier molecular flexibility index (Phi) is 3.31. The van der Waals surface area contributed by atoms with Crippen LogP contribution in [0.25, 0.3) is 21.3 Å². The first kappa shape index (κ1) is 12.9. The number of halogens is 1. The summed E-state index contributed by atoms with van der Waals surface area (Å²) in [6.45, 7) is 0. The summed E-state index contributed by atoms with van der Waals surface area (Å²) in [6.07, 6.45) is 0.303. The molecule has 1 heterocycles. The second-order valence-corrected chi connectivity index (χ2v) is 5.76. The maximum atomic E-state index is 11.4. The number of nitriles is 1. The van der Waals surface area contributed by atoms with E-state index in [2.05, 4.69) is 11.1 Å². The number of nitrogens with zero attached hydrogens (tertiary/aromatic N) is 1. The number of aromatic nitrogens is 1. The van der Waals surface area contributed by atoms with Gasteiger partial charge in [-0.15, -0.1) is 0 Å². The lowest BCUT2D eigenvalue weighted by atomic mass is 9.98. The number of benzene rings is 2. The zero-order valence-corrected chi connectivity index (χ0v) is 11.9. The maximum absolute atomic E-state index is 11.4. The van der Waals surface area contributed by atoms with Crippen LogP contribution in [0, 0.1) is 11.3 Å². The zero-order valence-electron chi connectivity index (χ0n) is 10.3. The molecule has 0 unspecified atom stereocenters. The third kappa shape index (κ3) is 2.22. The van der Waals surface area contributed by atoms with Gasteiger partial charge in [0.15, 0.2) is 0 Å². The fourth-order valence-electron chi connectivity index (χ4n) is 2.23. The number of H-pyrrole nitrogens is 1. The average Bonchev–Trinajstić information content (AvgIpc) is 2.78. The van der Waals surface area contributed by atoms with Crippen LogP contribution in [0.5, 0.6) is 0 Å². The van der Waals surface area contributed by atoms with Gasteiger partial charge in [0.25, 0.3) is 0 Å². The lowest BCUT2D eigenvalue weighted by Crippen LogP contribution is -1.90. The molecule has 0 radical (unpaired) electrons. The van der Waals surface area contributed by atoms with Crippen LogP contribution in [0.2, 0.25) is 5.02 Å². The molecule has 3 rings (SSSR count). The van der Waals surface area contributed by atoms with Gasteiger partial charge >= 0.3 is 4.87 Å². The van der Waals surface area contributed by atoms with Gasteiger partial charge in [-0.25, -0.2) is 0 Å². The highest BCUT2D eigenvalue weighted by atomic mass is 35.5. The average molecular weight is 301 g/mol. The smallest absolute Gasteiger partial charge is 0.305 e. The van der Waals surface area contributed by atoms with Gasteiger partial charge in [-0.1, -0.05) is 41.1 Å². The molecule has 0 aliphatic carbocycles. The van der Waals surface area contributed by atoms with Gasteiger partial charge in [-0.3, -0.25) is 4.79 Å². The van der Waals surface area contributed by atoms with E-state index < -0.39 is 0 Å². The number of hydrogen-bond donors (Lipinski definition) is 1.